The third-order valence-electron chi connectivity index (χ3n) is 9.67. The number of phosphoric acid groups is 1. The van der Waals surface area contributed by atoms with Crippen molar-refractivity contribution in [1.82, 2.24) is 5.32 Å². The summed E-state index contributed by atoms with van der Waals surface area (Å²) in [5.74, 6) is -2.43. The summed E-state index contributed by atoms with van der Waals surface area (Å²) < 4.78 is 26.9. The minimum Gasteiger partial charge on any atom is -0.480 e. The summed E-state index contributed by atoms with van der Waals surface area (Å²) in [6, 6.07) is -1.56. The van der Waals surface area contributed by atoms with Crippen LogP contribution in [0.2, 0.25) is 0 Å². The smallest absolute Gasteiger partial charge is 0.472 e. The third kappa shape index (κ3) is 43.3. The minimum absolute atomic E-state index is 0.134. The van der Waals surface area contributed by atoms with Gasteiger partial charge in [-0.1, -0.05) is 163 Å². The summed E-state index contributed by atoms with van der Waals surface area (Å²) in [5.41, 5.74) is 0. The number of aliphatic hydroxyl groups is 1. The Labute approximate surface area is 375 Å². The number of amides is 1. The van der Waals surface area contributed by atoms with Crippen molar-refractivity contribution in [2.45, 2.75) is 193 Å². The first-order chi connectivity index (χ1) is 30.1. The summed E-state index contributed by atoms with van der Waals surface area (Å²) >= 11 is 0. The van der Waals surface area contributed by atoms with E-state index in [-0.39, 0.29) is 12.8 Å². The number of carbonyl (C=O) groups is 3. The lowest BCUT2D eigenvalue weighted by Gasteiger charge is -2.18. The Morgan fingerprint density at radius 1 is 0.532 bits per heavy atom. The fourth-order valence-electron chi connectivity index (χ4n) is 6.02. The number of aliphatic carboxylic acids is 1. The average Bonchev–Trinajstić information content (AvgIpc) is 3.25. The molecule has 0 aliphatic heterocycles. The summed E-state index contributed by atoms with van der Waals surface area (Å²) in [5, 5.41) is 21.9. The van der Waals surface area contributed by atoms with E-state index >= 15 is 0 Å². The van der Waals surface area contributed by atoms with Crippen molar-refractivity contribution in [3.8, 4) is 0 Å². The molecular formula is C50H84NO10P. The Balaban J connectivity index is 3.96. The van der Waals surface area contributed by atoms with Crippen LogP contribution in [0.3, 0.4) is 0 Å². The largest absolute Gasteiger partial charge is 0.480 e. The molecule has 0 rings (SSSR count). The maximum absolute atomic E-state index is 12.3. The molecule has 3 unspecified atom stereocenters. The van der Waals surface area contributed by atoms with Gasteiger partial charge in [-0.3, -0.25) is 18.6 Å². The molecule has 0 bridgehead atoms. The Morgan fingerprint density at radius 2 is 0.935 bits per heavy atom. The van der Waals surface area contributed by atoms with Gasteiger partial charge >= 0.3 is 19.8 Å². The zero-order valence-electron chi connectivity index (χ0n) is 38.4. The molecule has 0 aliphatic carbocycles. The van der Waals surface area contributed by atoms with E-state index in [0.29, 0.717) is 12.8 Å². The molecule has 0 spiro atoms. The first kappa shape index (κ1) is 58.7. The fourth-order valence-corrected chi connectivity index (χ4v) is 6.79. The summed E-state index contributed by atoms with van der Waals surface area (Å²) in [4.78, 5) is 46.0. The zero-order chi connectivity index (χ0) is 45.6. The number of rotatable bonds is 43. The molecule has 62 heavy (non-hydrogen) atoms. The number of hydrogen-bond acceptors (Lipinski definition) is 8. The van der Waals surface area contributed by atoms with Gasteiger partial charge in [-0.25, -0.2) is 9.36 Å². The van der Waals surface area contributed by atoms with E-state index in [4.69, 9.17) is 13.8 Å². The number of phosphoric ester groups is 1. The normalized spacial score (nSPS) is 14.4. The third-order valence-corrected chi connectivity index (χ3v) is 10.6. The molecule has 0 saturated heterocycles. The molecule has 0 aromatic carbocycles. The van der Waals surface area contributed by atoms with Gasteiger partial charge in [0.05, 0.1) is 13.2 Å². The quantitative estimate of drug-likeness (QED) is 0.0200. The maximum atomic E-state index is 12.3. The molecule has 4 N–H and O–H groups in total. The Kier molecular flexibility index (Phi) is 41.9. The highest BCUT2D eigenvalue weighted by Crippen LogP contribution is 2.43. The van der Waals surface area contributed by atoms with Crippen LogP contribution in [0.5, 0.6) is 0 Å². The van der Waals surface area contributed by atoms with Gasteiger partial charge in [0, 0.05) is 12.8 Å². The van der Waals surface area contributed by atoms with Crippen LogP contribution < -0.4 is 5.32 Å². The van der Waals surface area contributed by atoms with E-state index in [1.165, 1.54) is 57.8 Å². The Morgan fingerprint density at radius 3 is 1.44 bits per heavy atom. The molecule has 354 valence electrons. The van der Waals surface area contributed by atoms with Crippen LogP contribution in [0, 0.1) is 0 Å². The number of unbranched alkanes of at least 4 members (excludes halogenated alkanes) is 15. The van der Waals surface area contributed by atoms with Crippen molar-refractivity contribution in [3.63, 3.8) is 0 Å². The predicted molar refractivity (Wildman–Crippen MR) is 254 cm³/mol. The van der Waals surface area contributed by atoms with Crippen molar-refractivity contribution < 1.29 is 47.8 Å². The van der Waals surface area contributed by atoms with Crippen LogP contribution in [-0.4, -0.2) is 64.9 Å². The second-order valence-corrected chi connectivity index (χ2v) is 17.0. The minimum atomic E-state index is -4.78. The van der Waals surface area contributed by atoms with E-state index in [1.807, 2.05) is 0 Å². The number of ether oxygens (including phenoxy) is 1. The molecule has 0 aliphatic rings. The molecule has 0 saturated carbocycles. The average molecular weight is 890 g/mol. The first-order valence-electron chi connectivity index (χ1n) is 23.6. The number of carbonyl (C=O) groups excluding carboxylic acids is 2. The van der Waals surface area contributed by atoms with Gasteiger partial charge in [0.1, 0.15) is 12.7 Å². The van der Waals surface area contributed by atoms with Gasteiger partial charge in [-0.05, 0) is 89.9 Å². The monoisotopic (exact) mass is 890 g/mol. The highest BCUT2D eigenvalue weighted by Gasteiger charge is 2.28. The molecule has 0 radical (unpaired) electrons. The summed E-state index contributed by atoms with van der Waals surface area (Å²) in [7, 11) is -4.78. The second kappa shape index (κ2) is 44.3. The lowest BCUT2D eigenvalue weighted by Crippen LogP contribution is -2.43. The van der Waals surface area contributed by atoms with E-state index in [1.54, 1.807) is 0 Å². The maximum Gasteiger partial charge on any atom is 0.472 e. The highest BCUT2D eigenvalue weighted by molar-refractivity contribution is 7.47. The zero-order valence-corrected chi connectivity index (χ0v) is 39.3. The number of esters is 1. The molecule has 3 atom stereocenters. The van der Waals surface area contributed by atoms with Crippen molar-refractivity contribution in [3.05, 3.63) is 85.1 Å². The lowest BCUT2D eigenvalue weighted by atomic mass is 10.1. The number of hydrogen-bond donors (Lipinski definition) is 4. The molecule has 0 heterocycles. The molecular weight excluding hydrogens is 806 g/mol. The van der Waals surface area contributed by atoms with Crippen molar-refractivity contribution >= 4 is 25.7 Å². The van der Waals surface area contributed by atoms with Crippen LogP contribution in [-0.2, 0) is 32.7 Å². The number of allylic oxidation sites excluding steroid dienone is 14. The van der Waals surface area contributed by atoms with Crippen molar-refractivity contribution in [1.29, 1.82) is 0 Å². The van der Waals surface area contributed by atoms with Gasteiger partial charge in [-0.2, -0.15) is 0 Å². The van der Waals surface area contributed by atoms with E-state index in [2.05, 4.69) is 104 Å². The molecule has 0 fully saturated rings. The van der Waals surface area contributed by atoms with Crippen LogP contribution in [0.1, 0.15) is 181 Å². The van der Waals surface area contributed by atoms with Gasteiger partial charge in [0.25, 0.3) is 0 Å². The van der Waals surface area contributed by atoms with Gasteiger partial charge in [-0.15, -0.1) is 0 Å². The van der Waals surface area contributed by atoms with Gasteiger partial charge in [0.15, 0.2) is 6.04 Å². The molecule has 0 aromatic rings. The van der Waals surface area contributed by atoms with Crippen LogP contribution in [0.25, 0.3) is 0 Å². The van der Waals surface area contributed by atoms with Crippen molar-refractivity contribution in [2.24, 2.45) is 0 Å². The topological polar surface area (TPSA) is 169 Å². The number of carboxylic acid groups (broad SMARTS) is 1. The standard InChI is InChI=1S/C50H84NO10P/c1-3-5-7-9-11-13-15-17-19-21-22-23-24-26-28-30-32-34-36-38-40-42-49(54)59-43-46(52)44-60-62(57,58)61-45-47(50(55)56)51-48(53)41-39-37-35-33-31-29-27-25-20-18-16-14-12-10-8-6-4-2/h5,7,11,13,17-20,22-23,26,28,32,34,46-47,52H,3-4,6,8-10,12,14-16,21,24-25,27,29-31,33,35-45H2,1-2H3,(H,51,53)(H,55,56)(H,57,58)/b7-5-,13-11-,19-17-,20-18-,23-22-,28-26-,34-32-. The lowest BCUT2D eigenvalue weighted by molar-refractivity contribution is -0.147. The molecule has 0 aromatic heterocycles. The first-order valence-corrected chi connectivity index (χ1v) is 25.1. The Bertz CT molecular complexity index is 1370. The Hall–Kier alpha value is -3.34. The van der Waals surface area contributed by atoms with Gasteiger partial charge < -0.3 is 25.2 Å². The summed E-state index contributed by atoms with van der Waals surface area (Å²) in [6.45, 7) is 2.42. The van der Waals surface area contributed by atoms with Crippen molar-refractivity contribution in [2.75, 3.05) is 19.8 Å². The van der Waals surface area contributed by atoms with E-state index < -0.39 is 57.6 Å². The number of nitrogens with one attached hydrogen (secondary N) is 1. The number of carboxylic acids is 1. The highest BCUT2D eigenvalue weighted by atomic mass is 31.2. The van der Waals surface area contributed by atoms with E-state index in [0.717, 1.165) is 83.5 Å². The van der Waals surface area contributed by atoms with Crippen LogP contribution in [0.15, 0.2) is 85.1 Å². The van der Waals surface area contributed by atoms with Gasteiger partial charge in [0.2, 0.25) is 5.91 Å². The van der Waals surface area contributed by atoms with Crippen LogP contribution >= 0.6 is 7.82 Å². The SMILES string of the molecule is CC/C=C\C/C=C\C/C=C\C/C=C\C/C=C\C/C=C\CCCCC(=O)OCC(O)COP(=O)(O)OCC(NC(=O)CCCCCCCCC/C=C\CCCCCCCC)C(=O)O. The number of aliphatic hydroxyl groups excluding tert-OH is 1. The molecule has 12 heteroatoms. The molecule has 1 amide bonds. The summed E-state index contributed by atoms with van der Waals surface area (Å²) in [6.07, 6.45) is 54.6. The van der Waals surface area contributed by atoms with Crippen LogP contribution in [0.4, 0.5) is 0 Å². The predicted octanol–water partition coefficient (Wildman–Crippen LogP) is 12.7. The fraction of sp³-hybridized carbons (Fsp3) is 0.660. The molecule has 11 nitrogen and oxygen atoms in total. The van der Waals surface area contributed by atoms with E-state index in [9.17, 15) is 34.1 Å². The second-order valence-electron chi connectivity index (χ2n) is 15.6.